The van der Waals surface area contributed by atoms with Crippen molar-refractivity contribution in [1.82, 2.24) is 5.32 Å². The summed E-state index contributed by atoms with van der Waals surface area (Å²) < 4.78 is 11.5. The molecule has 0 radical (unpaired) electrons. The Balaban J connectivity index is 1.93. The molecule has 0 unspecified atom stereocenters. The molecular formula is C18H19BrClNO3. The summed E-state index contributed by atoms with van der Waals surface area (Å²) in [5, 5.41) is 3.42. The molecule has 0 fully saturated rings. The molecule has 0 bridgehead atoms. The van der Waals surface area contributed by atoms with Crippen molar-refractivity contribution in [3.05, 3.63) is 57.5 Å². The van der Waals surface area contributed by atoms with Gasteiger partial charge in [0.1, 0.15) is 11.5 Å². The Morgan fingerprint density at radius 2 is 1.96 bits per heavy atom. The summed E-state index contributed by atoms with van der Waals surface area (Å²) >= 11 is 9.40. The fraction of sp³-hybridized carbons (Fsp3) is 0.278. The van der Waals surface area contributed by atoms with Crippen LogP contribution in [0, 0.1) is 0 Å². The Hall–Kier alpha value is -1.72. The monoisotopic (exact) mass is 411 g/mol. The summed E-state index contributed by atoms with van der Waals surface area (Å²) in [7, 11) is 1.62. The van der Waals surface area contributed by atoms with Crippen LogP contribution in [0.2, 0.25) is 5.02 Å². The molecule has 0 saturated carbocycles. The molecule has 0 aliphatic carbocycles. The number of carbonyl (C=O) groups excluding carboxylic acids is 1. The molecule has 128 valence electrons. The van der Waals surface area contributed by atoms with Gasteiger partial charge < -0.3 is 14.8 Å². The third-order valence-electron chi connectivity index (χ3n) is 3.51. The normalized spacial score (nSPS) is 11.7. The molecular weight excluding hydrogens is 394 g/mol. The second-order valence-electron chi connectivity index (χ2n) is 5.16. The lowest BCUT2D eigenvalue weighted by molar-refractivity contribution is -0.123. The summed E-state index contributed by atoms with van der Waals surface area (Å²) in [6.45, 7) is 1.93. The molecule has 4 nitrogen and oxygen atoms in total. The SMILES string of the molecule is CC[C@H](NC(=O)COc1ccc(Br)cc1Cl)c1ccc(OC)cc1. The fourth-order valence-corrected chi connectivity index (χ4v) is 2.96. The van der Waals surface area contributed by atoms with E-state index in [4.69, 9.17) is 21.1 Å². The summed E-state index contributed by atoms with van der Waals surface area (Å²) in [4.78, 5) is 12.1. The van der Waals surface area contributed by atoms with Crippen LogP contribution in [0.1, 0.15) is 24.9 Å². The number of amides is 1. The molecule has 2 aromatic rings. The molecule has 1 amide bonds. The number of hydrogen-bond donors (Lipinski definition) is 1. The van der Waals surface area contributed by atoms with Crippen LogP contribution in [0.5, 0.6) is 11.5 Å². The molecule has 1 N–H and O–H groups in total. The highest BCUT2D eigenvalue weighted by atomic mass is 79.9. The highest BCUT2D eigenvalue weighted by Crippen LogP contribution is 2.27. The minimum atomic E-state index is -0.198. The van der Waals surface area contributed by atoms with Crippen LogP contribution in [0.15, 0.2) is 46.9 Å². The van der Waals surface area contributed by atoms with Crippen molar-refractivity contribution in [2.45, 2.75) is 19.4 Å². The van der Waals surface area contributed by atoms with Crippen LogP contribution in [-0.2, 0) is 4.79 Å². The lowest BCUT2D eigenvalue weighted by Crippen LogP contribution is -2.32. The third-order valence-corrected chi connectivity index (χ3v) is 4.30. The van der Waals surface area contributed by atoms with Gasteiger partial charge in [-0.1, -0.05) is 46.6 Å². The predicted octanol–water partition coefficient (Wildman–Crippen LogP) is 4.76. The van der Waals surface area contributed by atoms with Crippen molar-refractivity contribution >= 4 is 33.4 Å². The standard InChI is InChI=1S/C18H19BrClNO3/c1-3-16(12-4-7-14(23-2)8-5-12)21-18(22)11-24-17-9-6-13(19)10-15(17)20/h4-10,16H,3,11H2,1-2H3,(H,21,22)/t16-/m0/s1. The maximum Gasteiger partial charge on any atom is 0.258 e. The van der Waals surface area contributed by atoms with Gasteiger partial charge in [-0.05, 0) is 42.3 Å². The highest BCUT2D eigenvalue weighted by Gasteiger charge is 2.14. The van der Waals surface area contributed by atoms with E-state index in [-0.39, 0.29) is 18.6 Å². The molecule has 0 saturated heterocycles. The quantitative estimate of drug-likeness (QED) is 0.713. The molecule has 24 heavy (non-hydrogen) atoms. The van der Waals surface area contributed by atoms with Gasteiger partial charge in [-0.3, -0.25) is 4.79 Å². The number of methoxy groups -OCH3 is 1. The van der Waals surface area contributed by atoms with E-state index in [0.717, 1.165) is 22.2 Å². The van der Waals surface area contributed by atoms with E-state index >= 15 is 0 Å². The van der Waals surface area contributed by atoms with E-state index < -0.39 is 0 Å². The van der Waals surface area contributed by atoms with Gasteiger partial charge in [-0.15, -0.1) is 0 Å². The highest BCUT2D eigenvalue weighted by molar-refractivity contribution is 9.10. The van der Waals surface area contributed by atoms with Gasteiger partial charge in [-0.2, -0.15) is 0 Å². The number of halogens is 2. The van der Waals surface area contributed by atoms with E-state index in [1.807, 2.05) is 37.3 Å². The van der Waals surface area contributed by atoms with Gasteiger partial charge in [0.05, 0.1) is 18.2 Å². The molecule has 0 aromatic heterocycles. The maximum atomic E-state index is 12.1. The number of benzene rings is 2. The number of hydrogen-bond acceptors (Lipinski definition) is 3. The first-order valence-corrected chi connectivity index (χ1v) is 8.71. The number of nitrogens with one attached hydrogen (secondary N) is 1. The van der Waals surface area contributed by atoms with Crippen molar-refractivity contribution in [1.29, 1.82) is 0 Å². The average Bonchev–Trinajstić information content (AvgIpc) is 2.59. The van der Waals surface area contributed by atoms with Crippen LogP contribution in [0.4, 0.5) is 0 Å². The van der Waals surface area contributed by atoms with Gasteiger partial charge in [0, 0.05) is 4.47 Å². The van der Waals surface area contributed by atoms with E-state index in [0.29, 0.717) is 10.8 Å². The summed E-state index contributed by atoms with van der Waals surface area (Å²) in [5.41, 5.74) is 1.02. The lowest BCUT2D eigenvalue weighted by Gasteiger charge is -2.18. The van der Waals surface area contributed by atoms with Gasteiger partial charge in [0.2, 0.25) is 0 Å². The Morgan fingerprint density at radius 1 is 1.25 bits per heavy atom. The van der Waals surface area contributed by atoms with Crippen LogP contribution in [0.3, 0.4) is 0 Å². The Bertz CT molecular complexity index is 691. The Labute approximate surface area is 155 Å². The van der Waals surface area contributed by atoms with Crippen LogP contribution >= 0.6 is 27.5 Å². The first-order valence-electron chi connectivity index (χ1n) is 7.54. The smallest absolute Gasteiger partial charge is 0.258 e. The van der Waals surface area contributed by atoms with E-state index in [9.17, 15) is 4.79 Å². The lowest BCUT2D eigenvalue weighted by atomic mass is 10.0. The molecule has 0 heterocycles. The molecule has 0 spiro atoms. The zero-order valence-corrected chi connectivity index (χ0v) is 15.9. The van der Waals surface area contributed by atoms with Gasteiger partial charge in [-0.25, -0.2) is 0 Å². The number of ether oxygens (including phenoxy) is 2. The van der Waals surface area contributed by atoms with Crippen molar-refractivity contribution < 1.29 is 14.3 Å². The molecule has 1 atom stereocenters. The minimum absolute atomic E-state index is 0.0765. The maximum absolute atomic E-state index is 12.1. The van der Waals surface area contributed by atoms with Crippen molar-refractivity contribution in [2.75, 3.05) is 13.7 Å². The van der Waals surface area contributed by atoms with E-state index in [1.165, 1.54) is 0 Å². The molecule has 0 aliphatic heterocycles. The predicted molar refractivity (Wildman–Crippen MR) is 98.8 cm³/mol. The molecule has 2 rings (SSSR count). The van der Waals surface area contributed by atoms with Gasteiger partial charge in [0.25, 0.3) is 5.91 Å². The van der Waals surface area contributed by atoms with Crippen molar-refractivity contribution in [3.63, 3.8) is 0 Å². The third kappa shape index (κ3) is 5.14. The molecule has 0 aliphatic rings. The minimum Gasteiger partial charge on any atom is -0.497 e. The first kappa shape index (κ1) is 18.6. The summed E-state index contributed by atoms with van der Waals surface area (Å²) in [5.74, 6) is 1.07. The first-order chi connectivity index (χ1) is 11.5. The van der Waals surface area contributed by atoms with Crippen LogP contribution in [0.25, 0.3) is 0 Å². The van der Waals surface area contributed by atoms with Gasteiger partial charge in [0.15, 0.2) is 6.61 Å². The largest absolute Gasteiger partial charge is 0.497 e. The average molecular weight is 413 g/mol. The number of carbonyl (C=O) groups is 1. The summed E-state index contributed by atoms with van der Waals surface area (Å²) in [6.07, 6.45) is 0.775. The molecule has 2 aromatic carbocycles. The zero-order valence-electron chi connectivity index (χ0n) is 13.5. The summed E-state index contributed by atoms with van der Waals surface area (Å²) in [6, 6.07) is 12.8. The van der Waals surface area contributed by atoms with E-state index in [1.54, 1.807) is 19.2 Å². The Kier molecular flexibility index (Phi) is 6.94. The zero-order chi connectivity index (χ0) is 17.5. The van der Waals surface area contributed by atoms with Crippen LogP contribution < -0.4 is 14.8 Å². The fourth-order valence-electron chi connectivity index (χ4n) is 2.23. The van der Waals surface area contributed by atoms with Crippen molar-refractivity contribution in [3.8, 4) is 11.5 Å². The van der Waals surface area contributed by atoms with E-state index in [2.05, 4.69) is 21.2 Å². The number of rotatable bonds is 7. The topological polar surface area (TPSA) is 47.6 Å². The van der Waals surface area contributed by atoms with Crippen molar-refractivity contribution in [2.24, 2.45) is 0 Å². The van der Waals surface area contributed by atoms with Gasteiger partial charge >= 0.3 is 0 Å². The molecule has 6 heteroatoms. The van der Waals surface area contributed by atoms with Crippen LogP contribution in [-0.4, -0.2) is 19.6 Å². The second kappa shape index (κ2) is 8.94. The second-order valence-corrected chi connectivity index (χ2v) is 6.49. The Morgan fingerprint density at radius 3 is 2.54 bits per heavy atom.